The maximum absolute atomic E-state index is 12.9. The number of aryl methyl sites for hydroxylation is 1. The molecule has 1 atom stereocenters. The molecule has 0 spiro atoms. The van der Waals surface area contributed by atoms with Crippen LogP contribution in [0.2, 0.25) is 5.02 Å². The van der Waals surface area contributed by atoms with Crippen LogP contribution in [0, 0.1) is 12.7 Å². The highest BCUT2D eigenvalue weighted by molar-refractivity contribution is 6.30. The summed E-state index contributed by atoms with van der Waals surface area (Å²) in [6, 6.07) is 11.8. The van der Waals surface area contributed by atoms with Gasteiger partial charge in [0.2, 0.25) is 0 Å². The molecule has 7 heteroatoms. The SMILES string of the molecule is Cc1ccc(Cl)cc1N1CCN(CC(O)COc2ccc(F)cc2)CC1.Cl. The van der Waals surface area contributed by atoms with E-state index in [-0.39, 0.29) is 24.8 Å². The number of halogens is 3. The molecule has 0 aromatic heterocycles. The van der Waals surface area contributed by atoms with Crippen molar-refractivity contribution in [2.24, 2.45) is 0 Å². The number of anilines is 1. The minimum Gasteiger partial charge on any atom is -0.491 e. The maximum atomic E-state index is 12.9. The summed E-state index contributed by atoms with van der Waals surface area (Å²) < 4.78 is 18.4. The van der Waals surface area contributed by atoms with Crippen molar-refractivity contribution in [3.8, 4) is 5.75 Å². The molecule has 148 valence electrons. The minimum absolute atomic E-state index is 0. The van der Waals surface area contributed by atoms with Crippen LogP contribution in [0.15, 0.2) is 42.5 Å². The first kappa shape index (κ1) is 21.8. The van der Waals surface area contributed by atoms with Crippen molar-refractivity contribution in [2.75, 3.05) is 44.2 Å². The Morgan fingerprint density at radius 2 is 1.78 bits per heavy atom. The van der Waals surface area contributed by atoms with Crippen molar-refractivity contribution in [2.45, 2.75) is 13.0 Å². The molecule has 1 heterocycles. The molecule has 1 aliphatic heterocycles. The number of benzene rings is 2. The number of piperazine rings is 1. The summed E-state index contributed by atoms with van der Waals surface area (Å²) in [6.07, 6.45) is -0.584. The average molecular weight is 415 g/mol. The van der Waals surface area contributed by atoms with Crippen molar-refractivity contribution in [3.63, 3.8) is 0 Å². The van der Waals surface area contributed by atoms with Gasteiger partial charge in [-0.05, 0) is 48.9 Å². The Labute approximate surface area is 170 Å². The molecule has 1 fully saturated rings. The number of hydrogen-bond donors (Lipinski definition) is 1. The quantitative estimate of drug-likeness (QED) is 0.780. The van der Waals surface area contributed by atoms with Gasteiger partial charge in [0.15, 0.2) is 0 Å². The summed E-state index contributed by atoms with van der Waals surface area (Å²) in [5.41, 5.74) is 2.40. The van der Waals surface area contributed by atoms with E-state index in [9.17, 15) is 9.50 Å². The third-order valence-electron chi connectivity index (χ3n) is 4.61. The van der Waals surface area contributed by atoms with Gasteiger partial charge in [-0.15, -0.1) is 12.4 Å². The first-order valence-corrected chi connectivity index (χ1v) is 9.19. The Balaban J connectivity index is 0.00000261. The van der Waals surface area contributed by atoms with Crippen LogP contribution in [0.4, 0.5) is 10.1 Å². The van der Waals surface area contributed by atoms with Gasteiger partial charge in [0.1, 0.15) is 24.3 Å². The van der Waals surface area contributed by atoms with Gasteiger partial charge in [-0.2, -0.15) is 0 Å². The molecule has 0 radical (unpaired) electrons. The third-order valence-corrected chi connectivity index (χ3v) is 4.84. The van der Waals surface area contributed by atoms with E-state index in [0.717, 1.165) is 31.2 Å². The van der Waals surface area contributed by atoms with Gasteiger partial charge in [0.05, 0.1) is 0 Å². The lowest BCUT2D eigenvalue weighted by molar-refractivity contribution is 0.0663. The molecule has 1 aliphatic rings. The van der Waals surface area contributed by atoms with E-state index in [4.69, 9.17) is 16.3 Å². The average Bonchev–Trinajstić information content (AvgIpc) is 2.64. The van der Waals surface area contributed by atoms with Gasteiger partial charge in [0, 0.05) is 43.4 Å². The van der Waals surface area contributed by atoms with Crippen LogP contribution >= 0.6 is 24.0 Å². The highest BCUT2D eigenvalue weighted by atomic mass is 35.5. The van der Waals surface area contributed by atoms with Crippen LogP contribution in [0.5, 0.6) is 5.75 Å². The molecule has 2 aromatic rings. The summed E-state index contributed by atoms with van der Waals surface area (Å²) in [4.78, 5) is 4.56. The largest absolute Gasteiger partial charge is 0.491 e. The van der Waals surface area contributed by atoms with E-state index >= 15 is 0 Å². The molecule has 3 rings (SSSR count). The Morgan fingerprint density at radius 3 is 2.44 bits per heavy atom. The molecule has 0 saturated carbocycles. The number of hydrogen-bond acceptors (Lipinski definition) is 4. The van der Waals surface area contributed by atoms with E-state index in [1.165, 1.54) is 23.4 Å². The molecular weight excluding hydrogens is 390 g/mol. The highest BCUT2D eigenvalue weighted by Crippen LogP contribution is 2.25. The fourth-order valence-corrected chi connectivity index (χ4v) is 3.33. The molecule has 2 aromatic carbocycles. The van der Waals surface area contributed by atoms with Gasteiger partial charge in [-0.25, -0.2) is 4.39 Å². The van der Waals surface area contributed by atoms with Crippen LogP contribution in [-0.4, -0.2) is 55.4 Å². The molecule has 0 bridgehead atoms. The van der Waals surface area contributed by atoms with Crippen molar-refractivity contribution in [3.05, 3.63) is 58.9 Å². The smallest absolute Gasteiger partial charge is 0.123 e. The Kier molecular flexibility index (Phi) is 8.17. The molecule has 1 saturated heterocycles. The Hall–Kier alpha value is -1.53. The van der Waals surface area contributed by atoms with Gasteiger partial charge in [-0.1, -0.05) is 17.7 Å². The number of ether oxygens (including phenoxy) is 1. The molecule has 1 unspecified atom stereocenters. The van der Waals surface area contributed by atoms with Crippen LogP contribution in [0.1, 0.15) is 5.56 Å². The van der Waals surface area contributed by atoms with Crippen LogP contribution in [0.3, 0.4) is 0 Å². The second kappa shape index (κ2) is 10.1. The van der Waals surface area contributed by atoms with Crippen molar-refractivity contribution < 1.29 is 14.2 Å². The van der Waals surface area contributed by atoms with E-state index < -0.39 is 6.10 Å². The lowest BCUT2D eigenvalue weighted by Crippen LogP contribution is -2.49. The summed E-state index contributed by atoms with van der Waals surface area (Å²) in [7, 11) is 0. The zero-order valence-corrected chi connectivity index (χ0v) is 16.8. The monoisotopic (exact) mass is 414 g/mol. The topological polar surface area (TPSA) is 35.9 Å². The zero-order chi connectivity index (χ0) is 18.5. The van der Waals surface area contributed by atoms with Gasteiger partial charge >= 0.3 is 0 Å². The lowest BCUT2D eigenvalue weighted by atomic mass is 10.1. The third kappa shape index (κ3) is 6.25. The van der Waals surface area contributed by atoms with E-state index in [1.807, 2.05) is 18.2 Å². The maximum Gasteiger partial charge on any atom is 0.123 e. The van der Waals surface area contributed by atoms with Crippen molar-refractivity contribution >= 4 is 29.7 Å². The highest BCUT2D eigenvalue weighted by Gasteiger charge is 2.20. The number of nitrogens with zero attached hydrogens (tertiary/aromatic N) is 2. The van der Waals surface area contributed by atoms with Crippen LogP contribution in [0.25, 0.3) is 0 Å². The fraction of sp³-hybridized carbons (Fsp3) is 0.400. The van der Waals surface area contributed by atoms with E-state index in [2.05, 4.69) is 16.7 Å². The normalized spacial score (nSPS) is 15.9. The molecule has 0 amide bonds. The molecule has 0 aliphatic carbocycles. The fourth-order valence-electron chi connectivity index (χ4n) is 3.17. The van der Waals surface area contributed by atoms with E-state index in [1.54, 1.807) is 12.1 Å². The molecular formula is C20H25Cl2FN2O2. The summed E-state index contributed by atoms with van der Waals surface area (Å²) in [5.74, 6) is 0.261. The first-order chi connectivity index (χ1) is 12.5. The summed E-state index contributed by atoms with van der Waals surface area (Å²) in [6.45, 7) is 6.38. The van der Waals surface area contributed by atoms with Crippen LogP contribution in [-0.2, 0) is 0 Å². The van der Waals surface area contributed by atoms with Gasteiger partial charge in [-0.3, -0.25) is 4.90 Å². The van der Waals surface area contributed by atoms with Crippen molar-refractivity contribution in [1.29, 1.82) is 0 Å². The summed E-state index contributed by atoms with van der Waals surface area (Å²) in [5, 5.41) is 11.0. The Bertz CT molecular complexity index is 722. The van der Waals surface area contributed by atoms with Gasteiger partial charge in [0.25, 0.3) is 0 Å². The van der Waals surface area contributed by atoms with Crippen LogP contribution < -0.4 is 9.64 Å². The zero-order valence-electron chi connectivity index (χ0n) is 15.3. The lowest BCUT2D eigenvalue weighted by Gasteiger charge is -2.37. The predicted molar refractivity (Wildman–Crippen MR) is 110 cm³/mol. The molecule has 27 heavy (non-hydrogen) atoms. The minimum atomic E-state index is -0.584. The Morgan fingerprint density at radius 1 is 1.11 bits per heavy atom. The second-order valence-corrected chi connectivity index (χ2v) is 7.07. The van der Waals surface area contributed by atoms with E-state index in [0.29, 0.717) is 12.3 Å². The molecule has 4 nitrogen and oxygen atoms in total. The van der Waals surface area contributed by atoms with Gasteiger partial charge < -0.3 is 14.7 Å². The first-order valence-electron chi connectivity index (χ1n) is 8.81. The number of β-amino-alcohol motifs (C(OH)–C–C–N with tert-alkyl or cyclic N) is 1. The summed E-state index contributed by atoms with van der Waals surface area (Å²) >= 11 is 6.12. The molecule has 1 N–H and O–H groups in total. The standard InChI is InChI=1S/C20H24ClFN2O2.ClH/c1-15-2-3-16(21)12-20(15)24-10-8-23(9-11-24)13-18(25)14-26-19-6-4-17(22)5-7-19;/h2-7,12,18,25H,8-11,13-14H2,1H3;1H. The number of aliphatic hydroxyl groups excluding tert-OH is 1. The number of aliphatic hydroxyl groups is 1. The number of rotatable bonds is 6. The van der Waals surface area contributed by atoms with Crippen molar-refractivity contribution in [1.82, 2.24) is 4.90 Å². The predicted octanol–water partition coefficient (Wildman–Crippen LogP) is 3.77. The second-order valence-electron chi connectivity index (χ2n) is 6.64.